The van der Waals surface area contributed by atoms with Crippen LogP contribution in [0.1, 0.15) is 57.1 Å². The average molecular weight is 284 g/mol. The minimum atomic E-state index is 0.509. The van der Waals surface area contributed by atoms with Crippen LogP contribution in [0.5, 0.6) is 0 Å². The quantitative estimate of drug-likeness (QED) is 0.832. The summed E-state index contributed by atoms with van der Waals surface area (Å²) in [5.74, 6) is 0. The van der Waals surface area contributed by atoms with E-state index in [1.165, 1.54) is 63.7 Å². The third-order valence-corrected chi connectivity index (χ3v) is 6.43. The predicted molar refractivity (Wildman–Crippen MR) is 87.4 cm³/mol. The second-order valence-electron chi connectivity index (χ2n) is 7.30. The van der Waals surface area contributed by atoms with Crippen molar-refractivity contribution in [2.24, 2.45) is 0 Å². The zero-order valence-corrected chi connectivity index (χ0v) is 13.3. The maximum Gasteiger partial charge on any atom is 0.0481 e. The molecule has 2 heterocycles. The highest BCUT2D eigenvalue weighted by Crippen LogP contribution is 2.47. The standard InChI is InChI=1S/C19H28N2/c1-2-19(11-7-12-19)21-14-17-10-6-13-20(17)15-18(21)16-8-4-3-5-9-16/h3-5,8-9,17-18H,2,6-7,10-15H2,1H3. The fourth-order valence-corrected chi connectivity index (χ4v) is 4.93. The first-order valence-electron chi connectivity index (χ1n) is 8.88. The number of fused-ring (bicyclic) bond motifs is 1. The first-order chi connectivity index (χ1) is 10.3. The van der Waals surface area contributed by atoms with Crippen LogP contribution in [0.15, 0.2) is 30.3 Å². The van der Waals surface area contributed by atoms with Gasteiger partial charge >= 0.3 is 0 Å². The van der Waals surface area contributed by atoms with Crippen molar-refractivity contribution in [3.05, 3.63) is 35.9 Å². The van der Waals surface area contributed by atoms with E-state index in [2.05, 4.69) is 47.1 Å². The summed E-state index contributed by atoms with van der Waals surface area (Å²) in [6, 6.07) is 12.7. The van der Waals surface area contributed by atoms with E-state index in [0.717, 1.165) is 6.04 Å². The molecule has 2 heteroatoms. The molecule has 2 atom stereocenters. The van der Waals surface area contributed by atoms with Gasteiger partial charge in [0.2, 0.25) is 0 Å². The van der Waals surface area contributed by atoms with Crippen molar-refractivity contribution in [1.29, 1.82) is 0 Å². The van der Waals surface area contributed by atoms with Crippen LogP contribution in [0, 0.1) is 0 Å². The Hall–Kier alpha value is -0.860. The lowest BCUT2D eigenvalue weighted by molar-refractivity contribution is -0.0722. The van der Waals surface area contributed by atoms with E-state index >= 15 is 0 Å². The molecule has 1 aromatic rings. The van der Waals surface area contributed by atoms with Gasteiger partial charge in [-0.1, -0.05) is 37.3 Å². The Kier molecular flexibility index (Phi) is 3.55. The monoisotopic (exact) mass is 284 g/mol. The van der Waals surface area contributed by atoms with Gasteiger partial charge in [-0.2, -0.15) is 0 Å². The van der Waals surface area contributed by atoms with Gasteiger partial charge in [0.05, 0.1) is 0 Å². The lowest BCUT2D eigenvalue weighted by atomic mass is 9.71. The van der Waals surface area contributed by atoms with Crippen LogP contribution in [0.2, 0.25) is 0 Å². The van der Waals surface area contributed by atoms with E-state index in [1.54, 1.807) is 0 Å². The molecule has 0 N–H and O–H groups in total. The molecule has 1 aliphatic carbocycles. The number of rotatable bonds is 3. The molecule has 0 aromatic heterocycles. The molecule has 3 fully saturated rings. The van der Waals surface area contributed by atoms with Crippen molar-refractivity contribution in [3.8, 4) is 0 Å². The zero-order chi connectivity index (χ0) is 14.3. The van der Waals surface area contributed by atoms with Crippen LogP contribution in [0.25, 0.3) is 0 Å². The van der Waals surface area contributed by atoms with E-state index in [1.807, 2.05) is 0 Å². The van der Waals surface area contributed by atoms with Gasteiger partial charge in [-0.15, -0.1) is 0 Å². The summed E-state index contributed by atoms with van der Waals surface area (Å²) in [6.07, 6.45) is 8.40. The molecular weight excluding hydrogens is 256 g/mol. The van der Waals surface area contributed by atoms with Crippen molar-refractivity contribution in [2.75, 3.05) is 19.6 Å². The van der Waals surface area contributed by atoms with E-state index in [-0.39, 0.29) is 0 Å². The minimum absolute atomic E-state index is 0.509. The maximum absolute atomic E-state index is 2.92. The van der Waals surface area contributed by atoms with Crippen molar-refractivity contribution in [2.45, 2.75) is 63.1 Å². The SMILES string of the molecule is CCC1(N2CC3CCCN3CC2c2ccccc2)CCC1. The van der Waals surface area contributed by atoms with Crippen molar-refractivity contribution in [3.63, 3.8) is 0 Å². The predicted octanol–water partition coefficient (Wildman–Crippen LogP) is 3.84. The first kappa shape index (κ1) is 13.8. The Morgan fingerprint density at radius 1 is 1.10 bits per heavy atom. The van der Waals surface area contributed by atoms with E-state index < -0.39 is 0 Å². The number of hydrogen-bond donors (Lipinski definition) is 0. The zero-order valence-electron chi connectivity index (χ0n) is 13.3. The van der Waals surface area contributed by atoms with Gasteiger partial charge in [-0.25, -0.2) is 0 Å². The second kappa shape index (κ2) is 5.40. The minimum Gasteiger partial charge on any atom is -0.297 e. The summed E-state index contributed by atoms with van der Waals surface area (Å²) in [7, 11) is 0. The molecule has 3 aliphatic rings. The van der Waals surface area contributed by atoms with Crippen LogP contribution in [0.3, 0.4) is 0 Å². The van der Waals surface area contributed by atoms with E-state index in [4.69, 9.17) is 0 Å². The summed E-state index contributed by atoms with van der Waals surface area (Å²) in [5.41, 5.74) is 2.04. The normalized spacial score (nSPS) is 32.6. The van der Waals surface area contributed by atoms with Gasteiger partial charge in [0.15, 0.2) is 0 Å². The second-order valence-corrected chi connectivity index (χ2v) is 7.30. The van der Waals surface area contributed by atoms with Crippen molar-refractivity contribution >= 4 is 0 Å². The smallest absolute Gasteiger partial charge is 0.0481 e. The topological polar surface area (TPSA) is 6.48 Å². The summed E-state index contributed by atoms with van der Waals surface area (Å²) >= 11 is 0. The maximum atomic E-state index is 2.92. The van der Waals surface area contributed by atoms with Gasteiger partial charge in [-0.3, -0.25) is 9.80 Å². The van der Waals surface area contributed by atoms with Crippen LogP contribution in [-0.2, 0) is 0 Å². The highest BCUT2D eigenvalue weighted by Gasteiger charge is 2.48. The van der Waals surface area contributed by atoms with Crippen molar-refractivity contribution in [1.82, 2.24) is 9.80 Å². The Morgan fingerprint density at radius 3 is 2.57 bits per heavy atom. The molecule has 2 nitrogen and oxygen atoms in total. The molecule has 21 heavy (non-hydrogen) atoms. The summed E-state index contributed by atoms with van der Waals surface area (Å²) < 4.78 is 0. The summed E-state index contributed by atoms with van der Waals surface area (Å²) in [4.78, 5) is 5.68. The molecule has 0 radical (unpaired) electrons. The summed E-state index contributed by atoms with van der Waals surface area (Å²) in [6.45, 7) is 6.27. The van der Waals surface area contributed by atoms with Gasteiger partial charge < -0.3 is 0 Å². The Morgan fingerprint density at radius 2 is 1.90 bits per heavy atom. The molecule has 4 rings (SSSR count). The van der Waals surface area contributed by atoms with Gasteiger partial charge in [0.1, 0.15) is 0 Å². The molecule has 2 aliphatic heterocycles. The van der Waals surface area contributed by atoms with Crippen LogP contribution >= 0.6 is 0 Å². The Bertz CT molecular complexity index is 474. The Labute approximate surface area is 129 Å². The number of hydrogen-bond acceptors (Lipinski definition) is 2. The lowest BCUT2D eigenvalue weighted by Crippen LogP contribution is -2.62. The van der Waals surface area contributed by atoms with Gasteiger partial charge in [-0.05, 0) is 50.6 Å². The first-order valence-corrected chi connectivity index (χ1v) is 8.88. The molecule has 0 spiro atoms. The van der Waals surface area contributed by atoms with Crippen molar-refractivity contribution < 1.29 is 0 Å². The average Bonchev–Trinajstić information content (AvgIpc) is 2.94. The van der Waals surface area contributed by atoms with Crippen LogP contribution in [0.4, 0.5) is 0 Å². The molecule has 2 saturated heterocycles. The lowest BCUT2D eigenvalue weighted by Gasteiger charge is -2.57. The highest BCUT2D eigenvalue weighted by molar-refractivity contribution is 5.22. The number of nitrogens with zero attached hydrogens (tertiary/aromatic N) is 2. The third kappa shape index (κ3) is 2.24. The molecular formula is C19H28N2. The van der Waals surface area contributed by atoms with E-state index in [0.29, 0.717) is 11.6 Å². The van der Waals surface area contributed by atoms with Crippen LogP contribution < -0.4 is 0 Å². The number of piperazine rings is 1. The van der Waals surface area contributed by atoms with Gasteiger partial charge in [0, 0.05) is 30.7 Å². The third-order valence-electron chi connectivity index (χ3n) is 6.43. The molecule has 2 unspecified atom stereocenters. The molecule has 1 aromatic carbocycles. The van der Waals surface area contributed by atoms with Gasteiger partial charge in [0.25, 0.3) is 0 Å². The largest absolute Gasteiger partial charge is 0.297 e. The highest BCUT2D eigenvalue weighted by atomic mass is 15.3. The number of benzene rings is 1. The van der Waals surface area contributed by atoms with Crippen LogP contribution in [-0.4, -0.2) is 41.0 Å². The molecule has 0 bridgehead atoms. The molecule has 0 amide bonds. The molecule has 114 valence electrons. The Balaban J connectivity index is 1.66. The summed E-state index contributed by atoms with van der Waals surface area (Å²) in [5, 5.41) is 0. The van der Waals surface area contributed by atoms with E-state index in [9.17, 15) is 0 Å². The fourth-order valence-electron chi connectivity index (χ4n) is 4.93. The fraction of sp³-hybridized carbons (Fsp3) is 0.684. The molecule has 1 saturated carbocycles.